The third-order valence-corrected chi connectivity index (χ3v) is 4.13. The lowest BCUT2D eigenvalue weighted by molar-refractivity contribution is -0.149. The van der Waals surface area contributed by atoms with Crippen molar-refractivity contribution in [3.05, 3.63) is 59.7 Å². The fourth-order valence-corrected chi connectivity index (χ4v) is 2.48. The van der Waals surface area contributed by atoms with Crippen LogP contribution in [-0.4, -0.2) is 31.4 Å². The lowest BCUT2D eigenvalue weighted by atomic mass is 9.97. The molecule has 2 aromatic rings. The Balaban J connectivity index is 1.83. The predicted octanol–water partition coefficient (Wildman–Crippen LogP) is 3.57. The van der Waals surface area contributed by atoms with Gasteiger partial charge >= 0.3 is 5.97 Å². The van der Waals surface area contributed by atoms with Gasteiger partial charge in [0, 0.05) is 5.69 Å². The molecule has 0 saturated heterocycles. The first kappa shape index (κ1) is 20.2. The van der Waals surface area contributed by atoms with E-state index < -0.39 is 18.5 Å². The van der Waals surface area contributed by atoms with E-state index in [1.165, 1.54) is 0 Å². The predicted molar refractivity (Wildman–Crippen MR) is 102 cm³/mol. The van der Waals surface area contributed by atoms with Crippen molar-refractivity contribution >= 4 is 23.9 Å². The SMILES string of the molecule is CC[C@@H](C)c1ccccc1NC(=O)COC(=O)COc1ccccc1C=O. The molecule has 0 aliphatic heterocycles. The Bertz CT molecular complexity index is 803. The van der Waals surface area contributed by atoms with Crippen LogP contribution in [0, 0.1) is 0 Å². The molecular formula is C21H23NO5. The molecule has 1 amide bonds. The smallest absolute Gasteiger partial charge is 0.344 e. The summed E-state index contributed by atoms with van der Waals surface area (Å²) in [5.41, 5.74) is 2.09. The van der Waals surface area contributed by atoms with Gasteiger partial charge in [-0.2, -0.15) is 0 Å². The summed E-state index contributed by atoms with van der Waals surface area (Å²) < 4.78 is 10.2. The van der Waals surface area contributed by atoms with Crippen LogP contribution in [0.1, 0.15) is 42.1 Å². The van der Waals surface area contributed by atoms with Gasteiger partial charge in [-0.05, 0) is 36.1 Å². The first-order valence-corrected chi connectivity index (χ1v) is 8.76. The topological polar surface area (TPSA) is 81.7 Å². The van der Waals surface area contributed by atoms with E-state index in [1.807, 2.05) is 24.3 Å². The van der Waals surface area contributed by atoms with E-state index in [4.69, 9.17) is 9.47 Å². The van der Waals surface area contributed by atoms with Gasteiger partial charge in [-0.1, -0.05) is 44.2 Å². The Labute approximate surface area is 158 Å². The lowest BCUT2D eigenvalue weighted by Gasteiger charge is -2.15. The molecule has 0 fully saturated rings. The summed E-state index contributed by atoms with van der Waals surface area (Å²) in [6.07, 6.45) is 1.59. The Morgan fingerprint density at radius 1 is 1.07 bits per heavy atom. The second-order valence-electron chi connectivity index (χ2n) is 6.05. The van der Waals surface area contributed by atoms with Gasteiger partial charge < -0.3 is 14.8 Å². The molecule has 0 saturated carbocycles. The van der Waals surface area contributed by atoms with Crippen LogP contribution in [0.3, 0.4) is 0 Å². The van der Waals surface area contributed by atoms with Gasteiger partial charge in [0.2, 0.25) is 0 Å². The first-order chi connectivity index (χ1) is 13.0. The average molecular weight is 369 g/mol. The van der Waals surface area contributed by atoms with E-state index in [1.54, 1.807) is 24.3 Å². The fraction of sp³-hybridized carbons (Fsp3) is 0.286. The fourth-order valence-electron chi connectivity index (χ4n) is 2.48. The maximum absolute atomic E-state index is 12.1. The van der Waals surface area contributed by atoms with E-state index in [0.717, 1.165) is 12.0 Å². The third-order valence-electron chi connectivity index (χ3n) is 4.13. The van der Waals surface area contributed by atoms with Crippen molar-refractivity contribution in [1.29, 1.82) is 0 Å². The third kappa shape index (κ3) is 5.95. The highest BCUT2D eigenvalue weighted by atomic mass is 16.6. The molecule has 0 bridgehead atoms. The number of esters is 1. The van der Waals surface area contributed by atoms with Crippen molar-refractivity contribution in [3.8, 4) is 5.75 Å². The Kier molecular flexibility index (Phi) is 7.55. The monoisotopic (exact) mass is 369 g/mol. The highest BCUT2D eigenvalue weighted by Crippen LogP contribution is 2.26. The Hall–Kier alpha value is -3.15. The summed E-state index contributed by atoms with van der Waals surface area (Å²) >= 11 is 0. The number of nitrogens with one attached hydrogen (secondary N) is 1. The van der Waals surface area contributed by atoms with Gasteiger partial charge in [0.25, 0.3) is 5.91 Å². The van der Waals surface area contributed by atoms with Gasteiger partial charge in [0.05, 0.1) is 5.56 Å². The molecule has 0 aliphatic carbocycles. The van der Waals surface area contributed by atoms with E-state index in [9.17, 15) is 14.4 Å². The molecule has 0 aromatic heterocycles. The lowest BCUT2D eigenvalue weighted by Crippen LogP contribution is -2.24. The van der Waals surface area contributed by atoms with E-state index in [-0.39, 0.29) is 12.4 Å². The molecule has 0 aliphatic rings. The van der Waals surface area contributed by atoms with Crippen LogP contribution in [-0.2, 0) is 14.3 Å². The van der Waals surface area contributed by atoms with Crippen molar-refractivity contribution in [2.45, 2.75) is 26.2 Å². The number of hydrogen-bond acceptors (Lipinski definition) is 5. The largest absolute Gasteiger partial charge is 0.481 e. The average Bonchev–Trinajstić information content (AvgIpc) is 2.70. The molecule has 2 rings (SSSR count). The van der Waals surface area contributed by atoms with Crippen LogP contribution in [0.5, 0.6) is 5.75 Å². The van der Waals surface area contributed by atoms with Gasteiger partial charge in [-0.3, -0.25) is 9.59 Å². The summed E-state index contributed by atoms with van der Waals surface area (Å²) in [6.45, 7) is 3.36. The molecule has 142 valence electrons. The van der Waals surface area contributed by atoms with Crippen LogP contribution in [0.15, 0.2) is 48.5 Å². The Morgan fingerprint density at radius 2 is 1.78 bits per heavy atom. The minimum Gasteiger partial charge on any atom is -0.481 e. The quantitative estimate of drug-likeness (QED) is 0.540. The molecule has 27 heavy (non-hydrogen) atoms. The Morgan fingerprint density at radius 3 is 2.52 bits per heavy atom. The zero-order chi connectivity index (χ0) is 19.6. The number of amides is 1. The maximum atomic E-state index is 12.1. The normalized spacial score (nSPS) is 11.3. The summed E-state index contributed by atoms with van der Waals surface area (Å²) in [7, 11) is 0. The molecule has 0 radical (unpaired) electrons. The van der Waals surface area contributed by atoms with Crippen LogP contribution >= 0.6 is 0 Å². The zero-order valence-electron chi connectivity index (χ0n) is 15.4. The van der Waals surface area contributed by atoms with Gasteiger partial charge in [0.1, 0.15) is 5.75 Å². The molecular weight excluding hydrogens is 346 g/mol. The number of ether oxygens (including phenoxy) is 2. The highest BCUT2D eigenvalue weighted by molar-refractivity contribution is 5.93. The van der Waals surface area contributed by atoms with Crippen LogP contribution in [0.4, 0.5) is 5.69 Å². The standard InChI is InChI=1S/C21H23NO5/c1-3-15(2)17-9-5-6-10-18(17)22-20(24)13-27-21(25)14-26-19-11-7-4-8-16(19)12-23/h4-12,15H,3,13-14H2,1-2H3,(H,22,24)/t15-/m1/s1. The van der Waals surface area contributed by atoms with Gasteiger partial charge in [0.15, 0.2) is 19.5 Å². The number of rotatable bonds is 9. The van der Waals surface area contributed by atoms with E-state index in [0.29, 0.717) is 23.5 Å². The number of carbonyl (C=O) groups is 3. The summed E-state index contributed by atoms with van der Waals surface area (Å²) in [5, 5.41) is 2.77. The number of anilines is 1. The molecule has 0 spiro atoms. The molecule has 0 unspecified atom stereocenters. The molecule has 0 heterocycles. The number of hydrogen-bond donors (Lipinski definition) is 1. The van der Waals surface area contributed by atoms with Crippen molar-refractivity contribution in [2.75, 3.05) is 18.5 Å². The highest BCUT2D eigenvalue weighted by Gasteiger charge is 2.13. The second kappa shape index (κ2) is 10.1. The molecule has 2 aromatic carbocycles. The minimum absolute atomic E-state index is 0.288. The van der Waals surface area contributed by atoms with E-state index in [2.05, 4.69) is 19.2 Å². The summed E-state index contributed by atoms with van der Waals surface area (Å²) in [5.74, 6) is -0.528. The van der Waals surface area contributed by atoms with Crippen LogP contribution < -0.4 is 10.1 Å². The van der Waals surface area contributed by atoms with Crippen LogP contribution in [0.25, 0.3) is 0 Å². The maximum Gasteiger partial charge on any atom is 0.344 e. The van der Waals surface area contributed by atoms with E-state index >= 15 is 0 Å². The van der Waals surface area contributed by atoms with Gasteiger partial charge in [-0.15, -0.1) is 0 Å². The van der Waals surface area contributed by atoms with Gasteiger partial charge in [-0.25, -0.2) is 4.79 Å². The first-order valence-electron chi connectivity index (χ1n) is 8.76. The number of carbonyl (C=O) groups excluding carboxylic acids is 3. The van der Waals surface area contributed by atoms with Crippen molar-refractivity contribution in [1.82, 2.24) is 0 Å². The zero-order valence-corrected chi connectivity index (χ0v) is 15.4. The van der Waals surface area contributed by atoms with Crippen molar-refractivity contribution in [2.24, 2.45) is 0 Å². The van der Waals surface area contributed by atoms with Crippen molar-refractivity contribution < 1.29 is 23.9 Å². The summed E-state index contributed by atoms with van der Waals surface area (Å²) in [6, 6.07) is 14.1. The number of benzene rings is 2. The molecule has 1 atom stereocenters. The second-order valence-corrected chi connectivity index (χ2v) is 6.05. The number of aldehydes is 1. The summed E-state index contributed by atoms with van der Waals surface area (Å²) in [4.78, 5) is 34.8. The van der Waals surface area contributed by atoms with Crippen LogP contribution in [0.2, 0.25) is 0 Å². The molecule has 6 nitrogen and oxygen atoms in total. The van der Waals surface area contributed by atoms with Crippen molar-refractivity contribution in [3.63, 3.8) is 0 Å². The number of para-hydroxylation sites is 2. The molecule has 6 heteroatoms. The molecule has 1 N–H and O–H groups in total. The minimum atomic E-state index is -0.693.